The number of hydrogen-bond acceptors (Lipinski definition) is 5. The zero-order valence-corrected chi connectivity index (χ0v) is 22.0. The first-order valence-corrected chi connectivity index (χ1v) is 14.2. The second-order valence-electron chi connectivity index (χ2n) is 10.1. The first kappa shape index (κ1) is 25.9. The monoisotopic (exact) mass is 499 g/mol. The molecule has 35 heavy (non-hydrogen) atoms. The van der Waals surface area contributed by atoms with Crippen molar-refractivity contribution >= 4 is 15.7 Å². The molecule has 6 nitrogen and oxygen atoms in total. The third-order valence-electron chi connectivity index (χ3n) is 7.35. The lowest BCUT2D eigenvalue weighted by Crippen LogP contribution is -2.52. The molecular formula is C28H37NO5S. The number of carbonyl (C=O) groups excluding carboxylic acids is 1. The number of carbonyl (C=O) groups is 1. The van der Waals surface area contributed by atoms with Crippen LogP contribution in [0.5, 0.6) is 0 Å². The van der Waals surface area contributed by atoms with E-state index in [2.05, 4.69) is 12.1 Å². The summed E-state index contributed by atoms with van der Waals surface area (Å²) in [6, 6.07) is 15.2. The van der Waals surface area contributed by atoms with Crippen LogP contribution in [0.3, 0.4) is 0 Å². The Morgan fingerprint density at radius 2 is 1.83 bits per heavy atom. The molecule has 2 aromatic carbocycles. The Morgan fingerprint density at radius 1 is 1.14 bits per heavy atom. The zero-order chi connectivity index (χ0) is 25.2. The molecule has 1 spiro atoms. The van der Waals surface area contributed by atoms with Crippen LogP contribution in [0.4, 0.5) is 0 Å². The average Bonchev–Trinajstić information content (AvgIpc) is 2.84. The van der Waals surface area contributed by atoms with Crippen LogP contribution >= 0.6 is 0 Å². The first-order valence-electron chi connectivity index (χ1n) is 12.6. The van der Waals surface area contributed by atoms with E-state index in [0.717, 1.165) is 25.7 Å². The van der Waals surface area contributed by atoms with Gasteiger partial charge in [-0.05, 0) is 69.9 Å². The molecule has 2 fully saturated rings. The van der Waals surface area contributed by atoms with Crippen molar-refractivity contribution in [3.05, 3.63) is 65.2 Å². The molecule has 0 N–H and O–H groups in total. The second-order valence-corrected chi connectivity index (χ2v) is 12.6. The maximum Gasteiger partial charge on any atom is 0.253 e. The van der Waals surface area contributed by atoms with E-state index < -0.39 is 15.1 Å². The summed E-state index contributed by atoms with van der Waals surface area (Å²) in [5.41, 5.74) is 2.00. The maximum absolute atomic E-state index is 13.3. The van der Waals surface area contributed by atoms with Crippen LogP contribution in [0.25, 0.3) is 0 Å². The summed E-state index contributed by atoms with van der Waals surface area (Å²) in [6.45, 7) is 9.00. The minimum atomic E-state index is -3.39. The summed E-state index contributed by atoms with van der Waals surface area (Å²) in [4.78, 5) is 15.4. The van der Waals surface area contributed by atoms with Crippen LogP contribution in [-0.2, 0) is 19.3 Å². The number of aryl methyl sites for hydroxylation is 1. The molecule has 0 radical (unpaired) electrons. The molecule has 1 amide bonds. The molecule has 0 unspecified atom stereocenters. The molecule has 2 aliphatic heterocycles. The Kier molecular flexibility index (Phi) is 7.69. The molecule has 2 aliphatic rings. The minimum Gasteiger partial charge on any atom is -0.378 e. The van der Waals surface area contributed by atoms with Crippen LogP contribution in [-0.4, -0.2) is 55.9 Å². The van der Waals surface area contributed by atoms with E-state index in [9.17, 15) is 13.2 Å². The lowest BCUT2D eigenvalue weighted by Gasteiger charge is -2.48. The van der Waals surface area contributed by atoms with Crippen LogP contribution in [0.2, 0.25) is 0 Å². The molecule has 2 heterocycles. The van der Waals surface area contributed by atoms with Crippen LogP contribution in [0, 0.1) is 6.92 Å². The molecule has 2 atom stereocenters. The van der Waals surface area contributed by atoms with Gasteiger partial charge in [0.05, 0.1) is 28.0 Å². The Balaban J connectivity index is 1.47. The number of hydrogen-bond donors (Lipinski definition) is 0. The summed E-state index contributed by atoms with van der Waals surface area (Å²) in [5.74, 6) is -0.0618. The lowest BCUT2D eigenvalue weighted by atomic mass is 9.80. The molecule has 4 rings (SSSR count). The number of sulfone groups is 1. The van der Waals surface area contributed by atoms with Gasteiger partial charge in [0.25, 0.3) is 5.91 Å². The number of benzene rings is 2. The molecule has 0 aliphatic carbocycles. The highest BCUT2D eigenvalue weighted by Crippen LogP contribution is 2.44. The molecule has 2 aromatic rings. The van der Waals surface area contributed by atoms with Crippen molar-refractivity contribution in [2.75, 3.05) is 19.7 Å². The summed E-state index contributed by atoms with van der Waals surface area (Å²) in [7, 11) is -3.39. The van der Waals surface area contributed by atoms with Crippen LogP contribution in [0.1, 0.15) is 74.0 Å². The van der Waals surface area contributed by atoms with Crippen molar-refractivity contribution in [3.8, 4) is 0 Å². The van der Waals surface area contributed by atoms with Gasteiger partial charge in [0, 0.05) is 38.1 Å². The lowest BCUT2D eigenvalue weighted by molar-refractivity contribution is -0.190. The van der Waals surface area contributed by atoms with E-state index in [-0.39, 0.29) is 23.7 Å². The zero-order valence-electron chi connectivity index (χ0n) is 21.2. The van der Waals surface area contributed by atoms with E-state index in [1.54, 1.807) is 39.0 Å². The van der Waals surface area contributed by atoms with E-state index in [4.69, 9.17) is 9.47 Å². The van der Waals surface area contributed by atoms with Gasteiger partial charge in [-0.2, -0.15) is 0 Å². The van der Waals surface area contributed by atoms with E-state index in [0.29, 0.717) is 35.7 Å². The third-order valence-corrected chi connectivity index (χ3v) is 9.67. The summed E-state index contributed by atoms with van der Waals surface area (Å²) >= 11 is 0. The molecule has 7 heteroatoms. The highest BCUT2D eigenvalue weighted by atomic mass is 32.2. The number of rotatable bonds is 6. The summed E-state index contributed by atoms with van der Waals surface area (Å²) in [6.07, 6.45) is 3.32. The standard InChI is InChI=1S/C28H37NO5S/c1-5-33-24-18-25(22-9-7-6-8-10-22)34-28(19-24)13-15-29(16-14-28)27(30)23-11-12-26(21(4)17-23)35(31,32)20(2)3/h6-12,17,20,24-25H,5,13-16,18-19H2,1-4H3/t24-,25-/m0/s1. The maximum atomic E-state index is 13.3. The normalized spacial score (nSPS) is 22.5. The molecular weight excluding hydrogens is 462 g/mol. The van der Waals surface area contributed by atoms with Gasteiger partial charge in [-0.1, -0.05) is 30.3 Å². The number of amides is 1. The topological polar surface area (TPSA) is 72.9 Å². The van der Waals surface area contributed by atoms with Gasteiger partial charge >= 0.3 is 0 Å². The quantitative estimate of drug-likeness (QED) is 0.552. The third kappa shape index (κ3) is 5.47. The van der Waals surface area contributed by atoms with E-state index in [1.165, 1.54) is 5.56 Å². The van der Waals surface area contributed by atoms with E-state index in [1.807, 2.05) is 30.0 Å². The number of nitrogens with zero attached hydrogens (tertiary/aromatic N) is 1. The SMILES string of the molecule is CCO[C@H]1C[C@@H](c2ccccc2)OC2(CCN(C(=O)c3ccc(S(=O)(=O)C(C)C)c(C)c3)CC2)C1. The Hall–Kier alpha value is -2.22. The average molecular weight is 500 g/mol. The fourth-order valence-corrected chi connectivity index (χ4v) is 6.62. The van der Waals surface area contributed by atoms with Crippen molar-refractivity contribution in [1.82, 2.24) is 4.90 Å². The predicted octanol–water partition coefficient (Wildman–Crippen LogP) is 5.11. The van der Waals surface area contributed by atoms with Gasteiger partial charge in [0.2, 0.25) is 0 Å². The van der Waals surface area contributed by atoms with Crippen molar-refractivity contribution < 1.29 is 22.7 Å². The Labute approximate surface area is 209 Å². The molecule has 0 saturated carbocycles. The number of piperidine rings is 1. The van der Waals surface area contributed by atoms with Gasteiger partial charge in [-0.15, -0.1) is 0 Å². The van der Waals surface area contributed by atoms with Crippen LogP contribution < -0.4 is 0 Å². The first-order chi connectivity index (χ1) is 16.6. The van der Waals surface area contributed by atoms with Crippen molar-refractivity contribution in [3.63, 3.8) is 0 Å². The Morgan fingerprint density at radius 3 is 2.43 bits per heavy atom. The largest absolute Gasteiger partial charge is 0.378 e. The highest BCUT2D eigenvalue weighted by Gasteiger charge is 2.45. The fraction of sp³-hybridized carbons (Fsp3) is 0.536. The Bertz CT molecular complexity index is 1140. The van der Waals surface area contributed by atoms with Crippen molar-refractivity contribution in [2.24, 2.45) is 0 Å². The summed E-state index contributed by atoms with van der Waals surface area (Å²) < 4.78 is 38.0. The number of ether oxygens (including phenoxy) is 2. The second kappa shape index (κ2) is 10.4. The molecule has 2 saturated heterocycles. The highest BCUT2D eigenvalue weighted by molar-refractivity contribution is 7.92. The fourth-order valence-electron chi connectivity index (χ4n) is 5.35. The van der Waals surface area contributed by atoms with Crippen LogP contribution in [0.15, 0.2) is 53.4 Å². The van der Waals surface area contributed by atoms with Gasteiger partial charge in [0.15, 0.2) is 9.84 Å². The van der Waals surface area contributed by atoms with Crippen molar-refractivity contribution in [2.45, 2.75) is 81.3 Å². The smallest absolute Gasteiger partial charge is 0.253 e. The number of likely N-dealkylation sites (tertiary alicyclic amines) is 1. The van der Waals surface area contributed by atoms with Gasteiger partial charge in [-0.3, -0.25) is 4.79 Å². The molecule has 0 bridgehead atoms. The summed E-state index contributed by atoms with van der Waals surface area (Å²) in [5, 5.41) is -0.503. The molecule has 0 aromatic heterocycles. The van der Waals surface area contributed by atoms with Gasteiger partial charge in [-0.25, -0.2) is 8.42 Å². The van der Waals surface area contributed by atoms with E-state index >= 15 is 0 Å². The predicted molar refractivity (Wildman–Crippen MR) is 136 cm³/mol. The minimum absolute atomic E-state index is 0.0122. The van der Waals surface area contributed by atoms with Gasteiger partial charge in [0.1, 0.15) is 0 Å². The van der Waals surface area contributed by atoms with Gasteiger partial charge < -0.3 is 14.4 Å². The van der Waals surface area contributed by atoms with Crippen molar-refractivity contribution in [1.29, 1.82) is 0 Å². The molecule has 190 valence electrons.